The molecule has 0 spiro atoms. The van der Waals surface area contributed by atoms with Gasteiger partial charge in [-0.1, -0.05) is 6.07 Å². The topological polar surface area (TPSA) is 42.2 Å². The fourth-order valence-electron chi connectivity index (χ4n) is 1.97. The highest BCUT2D eigenvalue weighted by Crippen LogP contribution is 2.20. The molecule has 20 heavy (non-hydrogen) atoms. The zero-order valence-corrected chi connectivity index (χ0v) is 12.8. The molecular weight excluding hydrogens is 270 g/mol. The van der Waals surface area contributed by atoms with Gasteiger partial charge in [0.05, 0.1) is 17.3 Å². The lowest BCUT2D eigenvalue weighted by Crippen LogP contribution is -2.22. The monoisotopic (exact) mass is 289 g/mol. The molecule has 0 saturated heterocycles. The predicted octanol–water partition coefficient (Wildman–Crippen LogP) is 4.16. The average Bonchev–Trinajstić information content (AvgIpc) is 2.87. The smallest absolute Gasteiger partial charge is 0.237 e. The molecule has 1 aromatic heterocycles. The van der Waals surface area contributed by atoms with Gasteiger partial charge < -0.3 is 9.73 Å². The predicted molar refractivity (Wildman–Crippen MR) is 84.0 cm³/mol. The summed E-state index contributed by atoms with van der Waals surface area (Å²) in [6.07, 6.45) is 1.65. The number of benzene rings is 1. The van der Waals surface area contributed by atoms with E-state index in [-0.39, 0.29) is 11.2 Å². The Morgan fingerprint density at radius 2 is 2.00 bits per heavy atom. The highest BCUT2D eigenvalue weighted by molar-refractivity contribution is 7.99. The first-order valence-electron chi connectivity index (χ1n) is 6.58. The summed E-state index contributed by atoms with van der Waals surface area (Å²) in [6, 6.07) is 9.83. The SMILES string of the molecule is Cc1cc(C)cc(NC(=O)C(C)SCc2ccco2)c1. The maximum absolute atomic E-state index is 12.1. The summed E-state index contributed by atoms with van der Waals surface area (Å²) in [5.41, 5.74) is 3.16. The van der Waals surface area contributed by atoms with Crippen molar-refractivity contribution in [1.82, 2.24) is 0 Å². The number of nitrogens with one attached hydrogen (secondary N) is 1. The molecule has 0 radical (unpaired) electrons. The number of carbonyl (C=O) groups is 1. The summed E-state index contributed by atoms with van der Waals surface area (Å²) >= 11 is 1.56. The van der Waals surface area contributed by atoms with Gasteiger partial charge >= 0.3 is 0 Å². The normalized spacial score (nSPS) is 12.2. The first kappa shape index (κ1) is 14.7. The number of rotatable bonds is 5. The number of carbonyl (C=O) groups excluding carboxylic acids is 1. The van der Waals surface area contributed by atoms with E-state index in [9.17, 15) is 4.79 Å². The molecule has 4 heteroatoms. The number of furan rings is 1. The summed E-state index contributed by atoms with van der Waals surface area (Å²) in [5.74, 6) is 1.61. The van der Waals surface area contributed by atoms with Crippen molar-refractivity contribution in [1.29, 1.82) is 0 Å². The second-order valence-corrected chi connectivity index (χ2v) is 6.23. The van der Waals surface area contributed by atoms with E-state index in [1.165, 1.54) is 0 Å². The van der Waals surface area contributed by atoms with Gasteiger partial charge in [-0.05, 0) is 56.2 Å². The molecule has 0 aliphatic heterocycles. The van der Waals surface area contributed by atoms with Crippen LogP contribution in [0.1, 0.15) is 23.8 Å². The lowest BCUT2D eigenvalue weighted by Gasteiger charge is -2.12. The molecule has 1 amide bonds. The minimum atomic E-state index is -0.124. The van der Waals surface area contributed by atoms with E-state index in [4.69, 9.17) is 4.42 Å². The quantitative estimate of drug-likeness (QED) is 0.898. The molecule has 0 aliphatic carbocycles. The lowest BCUT2D eigenvalue weighted by atomic mass is 10.1. The van der Waals surface area contributed by atoms with E-state index >= 15 is 0 Å². The number of anilines is 1. The summed E-state index contributed by atoms with van der Waals surface area (Å²) in [5, 5.41) is 2.84. The van der Waals surface area contributed by atoms with Gasteiger partial charge in [0.2, 0.25) is 5.91 Å². The van der Waals surface area contributed by atoms with Gasteiger partial charge in [0, 0.05) is 5.69 Å². The molecule has 0 aliphatic rings. The third-order valence-corrected chi connectivity index (χ3v) is 4.08. The zero-order chi connectivity index (χ0) is 14.5. The Morgan fingerprint density at radius 3 is 2.60 bits per heavy atom. The minimum Gasteiger partial charge on any atom is -0.468 e. The summed E-state index contributed by atoms with van der Waals surface area (Å²) < 4.78 is 5.26. The fourth-order valence-corrected chi connectivity index (χ4v) is 2.76. The molecule has 3 nitrogen and oxygen atoms in total. The molecule has 2 aromatic rings. The Labute approximate surface area is 123 Å². The van der Waals surface area contributed by atoms with E-state index < -0.39 is 0 Å². The first-order valence-corrected chi connectivity index (χ1v) is 7.62. The van der Waals surface area contributed by atoms with Crippen molar-refractivity contribution in [2.24, 2.45) is 0 Å². The van der Waals surface area contributed by atoms with Gasteiger partial charge in [-0.15, -0.1) is 11.8 Å². The molecule has 1 N–H and O–H groups in total. The van der Waals surface area contributed by atoms with Gasteiger partial charge in [0.1, 0.15) is 5.76 Å². The molecule has 106 valence electrons. The summed E-state index contributed by atoms with van der Waals surface area (Å²) in [7, 11) is 0. The van der Waals surface area contributed by atoms with Gasteiger partial charge in [-0.3, -0.25) is 4.79 Å². The largest absolute Gasteiger partial charge is 0.468 e. The van der Waals surface area contributed by atoms with Crippen LogP contribution in [0.5, 0.6) is 0 Å². The van der Waals surface area contributed by atoms with Crippen molar-refractivity contribution in [3.63, 3.8) is 0 Å². The van der Waals surface area contributed by atoms with Gasteiger partial charge in [0.15, 0.2) is 0 Å². The third-order valence-electron chi connectivity index (χ3n) is 2.91. The maximum Gasteiger partial charge on any atom is 0.237 e. The summed E-state index contributed by atoms with van der Waals surface area (Å²) in [4.78, 5) is 12.1. The van der Waals surface area contributed by atoms with Gasteiger partial charge in [0.25, 0.3) is 0 Å². The molecular formula is C16H19NO2S. The number of hydrogen-bond donors (Lipinski definition) is 1. The van der Waals surface area contributed by atoms with E-state index in [2.05, 4.69) is 11.4 Å². The fraction of sp³-hybridized carbons (Fsp3) is 0.312. The van der Waals surface area contributed by atoms with E-state index in [1.807, 2.05) is 45.0 Å². The molecule has 1 unspecified atom stereocenters. The van der Waals surface area contributed by atoms with Crippen LogP contribution in [0.2, 0.25) is 0 Å². The van der Waals surface area contributed by atoms with Crippen LogP contribution < -0.4 is 5.32 Å². The van der Waals surface area contributed by atoms with E-state index in [0.29, 0.717) is 5.75 Å². The molecule has 1 heterocycles. The average molecular weight is 289 g/mol. The molecule has 1 aromatic carbocycles. The maximum atomic E-state index is 12.1. The molecule has 0 saturated carbocycles. The Hall–Kier alpha value is -1.68. The number of hydrogen-bond acceptors (Lipinski definition) is 3. The second-order valence-electron chi connectivity index (χ2n) is 4.90. The molecule has 1 atom stereocenters. The number of aryl methyl sites for hydroxylation is 2. The Kier molecular flexibility index (Phi) is 4.90. The van der Waals surface area contributed by atoms with Crippen molar-refractivity contribution < 1.29 is 9.21 Å². The van der Waals surface area contributed by atoms with E-state index in [0.717, 1.165) is 22.6 Å². The second kappa shape index (κ2) is 6.66. The standard InChI is InChI=1S/C16H19NO2S/c1-11-7-12(2)9-14(8-11)17-16(18)13(3)20-10-15-5-4-6-19-15/h4-9,13H,10H2,1-3H3,(H,17,18). The summed E-state index contributed by atoms with van der Waals surface area (Å²) in [6.45, 7) is 5.96. The van der Waals surface area contributed by atoms with E-state index in [1.54, 1.807) is 18.0 Å². The van der Waals surface area contributed by atoms with Crippen LogP contribution >= 0.6 is 11.8 Å². The van der Waals surface area contributed by atoms with Crippen LogP contribution in [0.3, 0.4) is 0 Å². The molecule has 0 fully saturated rings. The molecule has 2 rings (SSSR count). The Morgan fingerprint density at radius 1 is 1.30 bits per heavy atom. The van der Waals surface area contributed by atoms with Crippen molar-refractivity contribution in [3.05, 3.63) is 53.5 Å². The van der Waals surface area contributed by atoms with Crippen LogP contribution in [-0.4, -0.2) is 11.2 Å². The Balaban J connectivity index is 1.90. The number of amides is 1. The van der Waals surface area contributed by atoms with Crippen molar-refractivity contribution in [2.45, 2.75) is 31.8 Å². The molecule has 0 bridgehead atoms. The van der Waals surface area contributed by atoms with Crippen molar-refractivity contribution in [2.75, 3.05) is 5.32 Å². The highest BCUT2D eigenvalue weighted by atomic mass is 32.2. The van der Waals surface area contributed by atoms with Gasteiger partial charge in [-0.2, -0.15) is 0 Å². The zero-order valence-electron chi connectivity index (χ0n) is 12.0. The Bertz CT molecular complexity index is 558. The van der Waals surface area contributed by atoms with Crippen LogP contribution in [-0.2, 0) is 10.5 Å². The minimum absolute atomic E-state index is 0.0200. The third kappa shape index (κ3) is 4.17. The van der Waals surface area contributed by atoms with Crippen molar-refractivity contribution >= 4 is 23.4 Å². The van der Waals surface area contributed by atoms with Crippen LogP contribution in [0.15, 0.2) is 41.0 Å². The van der Waals surface area contributed by atoms with Crippen LogP contribution in [0, 0.1) is 13.8 Å². The lowest BCUT2D eigenvalue weighted by molar-refractivity contribution is -0.115. The van der Waals surface area contributed by atoms with Crippen LogP contribution in [0.25, 0.3) is 0 Å². The number of thioether (sulfide) groups is 1. The van der Waals surface area contributed by atoms with Gasteiger partial charge in [-0.25, -0.2) is 0 Å². The highest BCUT2D eigenvalue weighted by Gasteiger charge is 2.14. The first-order chi connectivity index (χ1) is 9.54. The van der Waals surface area contributed by atoms with Crippen LogP contribution in [0.4, 0.5) is 5.69 Å². The van der Waals surface area contributed by atoms with Crippen molar-refractivity contribution in [3.8, 4) is 0 Å².